The molecule has 0 rings (SSSR count). The summed E-state index contributed by atoms with van der Waals surface area (Å²) in [6.45, 7) is 13.0. The lowest BCUT2D eigenvalue weighted by Crippen LogP contribution is -2.48. The maximum absolute atomic E-state index is 11.6. The second-order valence-corrected chi connectivity index (χ2v) is 6.20. The fourth-order valence-electron chi connectivity index (χ4n) is 1.64. The van der Waals surface area contributed by atoms with E-state index in [2.05, 4.69) is 0 Å². The van der Waals surface area contributed by atoms with Crippen LogP contribution in [0.15, 0.2) is 0 Å². The summed E-state index contributed by atoms with van der Waals surface area (Å²) in [6.07, 6.45) is 0.0149. The van der Waals surface area contributed by atoms with Crippen molar-refractivity contribution in [2.45, 2.75) is 66.0 Å². The van der Waals surface area contributed by atoms with Crippen LogP contribution in [-0.4, -0.2) is 27.5 Å². The van der Waals surface area contributed by atoms with Crippen molar-refractivity contribution in [2.75, 3.05) is 0 Å². The van der Waals surface area contributed by atoms with E-state index in [0.717, 1.165) is 0 Å². The van der Waals surface area contributed by atoms with E-state index >= 15 is 0 Å². The molecule has 0 heterocycles. The van der Waals surface area contributed by atoms with Gasteiger partial charge in [0.15, 0.2) is 0 Å². The van der Waals surface area contributed by atoms with Gasteiger partial charge in [0.1, 0.15) is 5.60 Å². The maximum Gasteiger partial charge on any atom is 0.434 e. The Kier molecular flexibility index (Phi) is 4.80. The summed E-state index contributed by atoms with van der Waals surface area (Å²) in [7, 11) is 0. The Morgan fingerprint density at radius 1 is 1.25 bits per heavy atom. The van der Waals surface area contributed by atoms with Gasteiger partial charge < -0.3 is 4.74 Å². The number of carbonyl (C=O) groups is 1. The summed E-state index contributed by atoms with van der Waals surface area (Å²) in [5.41, 5.74) is -1.21. The maximum atomic E-state index is 11.6. The van der Waals surface area contributed by atoms with Crippen molar-refractivity contribution in [1.29, 1.82) is 0 Å². The molecule has 0 aromatic carbocycles. The molecule has 16 heavy (non-hydrogen) atoms. The highest BCUT2D eigenvalue weighted by atomic mass is 16.6. The lowest BCUT2D eigenvalue weighted by atomic mass is 9.92. The van der Waals surface area contributed by atoms with Crippen molar-refractivity contribution < 1.29 is 14.7 Å². The van der Waals surface area contributed by atoms with Crippen LogP contribution < -0.4 is 0 Å². The molecule has 0 unspecified atom stereocenters. The minimum Gasteiger partial charge on any atom is -0.442 e. The Morgan fingerprint density at radius 2 is 1.69 bits per heavy atom. The van der Waals surface area contributed by atoms with Crippen molar-refractivity contribution in [3.8, 4) is 0 Å². The number of hydrogen-bond donors (Lipinski definition) is 1. The quantitative estimate of drug-likeness (QED) is 0.598. The molecule has 0 spiro atoms. The summed E-state index contributed by atoms with van der Waals surface area (Å²) in [5, 5.41) is 10.5. The van der Waals surface area contributed by atoms with Crippen LogP contribution in [0.4, 0.5) is 4.79 Å². The minimum atomic E-state index is -0.696. The minimum absolute atomic E-state index is 0.395. The summed E-state index contributed by atoms with van der Waals surface area (Å²) in [4.78, 5) is 11.6. The smallest absolute Gasteiger partial charge is 0.434 e. The normalized spacial score (nSPS) is 12.8. The average molecular weight is 231 g/mol. The molecule has 0 saturated heterocycles. The van der Waals surface area contributed by atoms with E-state index in [0.29, 0.717) is 17.4 Å². The lowest BCUT2D eigenvalue weighted by Gasteiger charge is -2.35. The molecular weight excluding hydrogens is 206 g/mol. The van der Waals surface area contributed by atoms with E-state index in [1.807, 2.05) is 27.7 Å². The molecule has 0 aromatic rings. The largest absolute Gasteiger partial charge is 0.442 e. The van der Waals surface area contributed by atoms with Crippen LogP contribution in [0.2, 0.25) is 0 Å². The van der Waals surface area contributed by atoms with Gasteiger partial charge in [-0.25, -0.2) is 4.79 Å². The van der Waals surface area contributed by atoms with Gasteiger partial charge in [-0.15, -0.1) is 0 Å². The Balaban J connectivity index is 4.53. The van der Waals surface area contributed by atoms with Gasteiger partial charge in [-0.1, -0.05) is 13.8 Å². The van der Waals surface area contributed by atoms with Crippen molar-refractivity contribution in [2.24, 2.45) is 5.92 Å². The molecule has 0 aliphatic heterocycles. The molecule has 0 fully saturated rings. The van der Waals surface area contributed by atoms with Crippen molar-refractivity contribution in [3.05, 3.63) is 0 Å². The third kappa shape index (κ3) is 5.35. The highest BCUT2D eigenvalue weighted by Gasteiger charge is 2.33. The molecule has 0 aromatic heterocycles. The first-order valence-corrected chi connectivity index (χ1v) is 5.68. The standard InChI is InChI=1S/C12H25NO3/c1-9(2)8-12(6,7)13(15)10(14)16-11(3,4)5/h9,15H,8H2,1-7H3. The molecule has 1 amide bonds. The monoisotopic (exact) mass is 231 g/mol. The van der Waals surface area contributed by atoms with E-state index in [1.165, 1.54) is 0 Å². The second-order valence-electron chi connectivity index (χ2n) is 6.20. The zero-order chi connectivity index (χ0) is 13.1. The fourth-order valence-corrected chi connectivity index (χ4v) is 1.64. The molecule has 0 atom stereocenters. The van der Waals surface area contributed by atoms with E-state index < -0.39 is 17.2 Å². The van der Waals surface area contributed by atoms with Gasteiger partial charge in [0.2, 0.25) is 0 Å². The van der Waals surface area contributed by atoms with Crippen LogP contribution in [0.1, 0.15) is 54.9 Å². The van der Waals surface area contributed by atoms with Crippen LogP contribution in [0, 0.1) is 5.92 Å². The van der Waals surface area contributed by atoms with Gasteiger partial charge in [-0.3, -0.25) is 5.21 Å². The second kappa shape index (κ2) is 5.04. The van der Waals surface area contributed by atoms with Gasteiger partial charge in [0.25, 0.3) is 0 Å². The predicted octanol–water partition coefficient (Wildman–Crippen LogP) is 3.44. The van der Waals surface area contributed by atoms with E-state index in [9.17, 15) is 10.0 Å². The zero-order valence-electron chi connectivity index (χ0n) is 11.5. The number of hydrogen-bond acceptors (Lipinski definition) is 3. The number of rotatable bonds is 3. The number of ether oxygens (including phenoxy) is 1. The van der Waals surface area contributed by atoms with Gasteiger partial charge >= 0.3 is 6.09 Å². The molecule has 96 valence electrons. The van der Waals surface area contributed by atoms with Gasteiger partial charge in [0.05, 0.1) is 5.54 Å². The number of carbonyl (C=O) groups excluding carboxylic acids is 1. The third-order valence-corrected chi connectivity index (χ3v) is 2.05. The first-order valence-electron chi connectivity index (χ1n) is 5.68. The lowest BCUT2D eigenvalue weighted by molar-refractivity contribution is -0.152. The summed E-state index contributed by atoms with van der Waals surface area (Å²) in [6, 6.07) is 0. The van der Waals surface area contributed by atoms with Crippen molar-refractivity contribution >= 4 is 6.09 Å². The SMILES string of the molecule is CC(C)CC(C)(C)N(O)C(=O)OC(C)(C)C. The molecule has 0 radical (unpaired) electrons. The van der Waals surface area contributed by atoms with Gasteiger partial charge in [0, 0.05) is 0 Å². The summed E-state index contributed by atoms with van der Waals surface area (Å²) in [5.74, 6) is 0.395. The first kappa shape index (κ1) is 15.2. The Morgan fingerprint density at radius 3 is 2.00 bits per heavy atom. The van der Waals surface area contributed by atoms with E-state index in [-0.39, 0.29) is 0 Å². The first-order chi connectivity index (χ1) is 6.96. The zero-order valence-corrected chi connectivity index (χ0v) is 11.5. The average Bonchev–Trinajstić information content (AvgIpc) is 1.96. The summed E-state index contributed by atoms with van der Waals surface area (Å²) >= 11 is 0. The molecule has 0 aliphatic carbocycles. The molecule has 1 N–H and O–H groups in total. The van der Waals surface area contributed by atoms with Gasteiger partial charge in [-0.05, 0) is 47.0 Å². The predicted molar refractivity (Wildman–Crippen MR) is 63.4 cm³/mol. The van der Waals surface area contributed by atoms with Crippen LogP contribution >= 0.6 is 0 Å². The van der Waals surface area contributed by atoms with Crippen LogP contribution in [0.25, 0.3) is 0 Å². The fraction of sp³-hybridized carbons (Fsp3) is 0.917. The van der Waals surface area contributed by atoms with E-state index in [1.54, 1.807) is 20.8 Å². The van der Waals surface area contributed by atoms with Gasteiger partial charge in [-0.2, -0.15) is 5.06 Å². The van der Waals surface area contributed by atoms with Crippen LogP contribution in [-0.2, 0) is 4.74 Å². The Bertz CT molecular complexity index is 241. The molecule has 0 aliphatic rings. The van der Waals surface area contributed by atoms with Crippen molar-refractivity contribution in [1.82, 2.24) is 5.06 Å². The topological polar surface area (TPSA) is 49.8 Å². The molecule has 0 saturated carbocycles. The Hall–Kier alpha value is -0.770. The number of amides is 1. The van der Waals surface area contributed by atoms with Crippen molar-refractivity contribution in [3.63, 3.8) is 0 Å². The molecule has 0 bridgehead atoms. The Labute approximate surface area is 98.5 Å². The van der Waals surface area contributed by atoms with E-state index in [4.69, 9.17) is 4.74 Å². The highest BCUT2D eigenvalue weighted by molar-refractivity contribution is 5.67. The number of nitrogens with zero attached hydrogens (tertiary/aromatic N) is 1. The third-order valence-electron chi connectivity index (χ3n) is 2.05. The molecule has 4 nitrogen and oxygen atoms in total. The number of hydroxylamine groups is 2. The highest BCUT2D eigenvalue weighted by Crippen LogP contribution is 2.23. The van der Waals surface area contributed by atoms with Crippen LogP contribution in [0.5, 0.6) is 0 Å². The molecule has 4 heteroatoms. The summed E-state index contributed by atoms with van der Waals surface area (Å²) < 4.78 is 5.10. The molecular formula is C12H25NO3. The van der Waals surface area contributed by atoms with Crippen LogP contribution in [0.3, 0.4) is 0 Å².